The van der Waals surface area contributed by atoms with Gasteiger partial charge in [0, 0.05) is 24.7 Å². The number of benzene rings is 2. The van der Waals surface area contributed by atoms with Gasteiger partial charge in [0.25, 0.3) is 0 Å². The molecule has 1 heterocycles. The molecule has 0 unspecified atom stereocenters. The molecule has 134 valence electrons. The molecule has 0 bridgehead atoms. The van der Waals surface area contributed by atoms with Gasteiger partial charge in [0.05, 0.1) is 12.3 Å². The zero-order chi connectivity index (χ0) is 18.4. The first-order chi connectivity index (χ1) is 12.7. The van der Waals surface area contributed by atoms with Crippen molar-refractivity contribution >= 4 is 11.8 Å². The molecular formula is C19H18F2N4O. The number of aromatic nitrogens is 2. The second kappa shape index (κ2) is 8.35. The maximum Gasteiger partial charge on any atom is 0.225 e. The molecule has 3 rings (SSSR count). The maximum atomic E-state index is 13.3. The molecule has 0 spiro atoms. The van der Waals surface area contributed by atoms with Gasteiger partial charge in [0.15, 0.2) is 11.6 Å². The molecule has 3 aromatic rings. The van der Waals surface area contributed by atoms with Gasteiger partial charge < -0.3 is 15.7 Å². The number of rotatable bonds is 7. The topological polar surface area (TPSA) is 70.1 Å². The van der Waals surface area contributed by atoms with Gasteiger partial charge in [-0.1, -0.05) is 36.4 Å². The summed E-state index contributed by atoms with van der Waals surface area (Å²) in [6, 6.07) is 15.1. The van der Waals surface area contributed by atoms with Gasteiger partial charge in [-0.25, -0.2) is 13.8 Å². The van der Waals surface area contributed by atoms with Crippen LogP contribution in [0.2, 0.25) is 0 Å². The first kappa shape index (κ1) is 17.8. The molecule has 0 fully saturated rings. The van der Waals surface area contributed by atoms with Crippen molar-refractivity contribution in [2.45, 2.75) is 6.54 Å². The number of nitrogens with zero attached hydrogens (tertiary/aromatic N) is 2. The lowest BCUT2D eigenvalue weighted by Gasteiger charge is -2.11. The number of hydrogen-bond donors (Lipinski definition) is 3. The molecule has 0 saturated carbocycles. The molecule has 0 aliphatic rings. The Kier molecular flexibility index (Phi) is 5.70. The van der Waals surface area contributed by atoms with Gasteiger partial charge in [-0.15, -0.1) is 0 Å². The predicted octanol–water partition coefficient (Wildman–Crippen LogP) is 3.44. The van der Waals surface area contributed by atoms with E-state index in [0.717, 1.165) is 17.7 Å². The molecular weight excluding hydrogens is 338 g/mol. The summed E-state index contributed by atoms with van der Waals surface area (Å²) in [6.45, 7) is 0.555. The largest absolute Gasteiger partial charge is 0.395 e. The van der Waals surface area contributed by atoms with E-state index >= 15 is 0 Å². The summed E-state index contributed by atoms with van der Waals surface area (Å²) in [5.41, 5.74) is 2.21. The number of nitrogens with one attached hydrogen (secondary N) is 2. The van der Waals surface area contributed by atoms with E-state index < -0.39 is 11.6 Å². The van der Waals surface area contributed by atoms with Gasteiger partial charge in [0.1, 0.15) is 5.82 Å². The average Bonchev–Trinajstić information content (AvgIpc) is 2.68. The van der Waals surface area contributed by atoms with Crippen LogP contribution in [-0.2, 0) is 6.54 Å². The Hall–Kier alpha value is -3.06. The van der Waals surface area contributed by atoms with Crippen molar-refractivity contribution in [2.75, 3.05) is 23.8 Å². The quantitative estimate of drug-likeness (QED) is 0.605. The third-order valence-corrected chi connectivity index (χ3v) is 3.65. The smallest absolute Gasteiger partial charge is 0.225 e. The highest BCUT2D eigenvalue weighted by atomic mass is 19.2. The van der Waals surface area contributed by atoms with Crippen LogP contribution in [0.15, 0.2) is 54.6 Å². The van der Waals surface area contributed by atoms with E-state index in [-0.39, 0.29) is 13.2 Å². The molecule has 0 radical (unpaired) electrons. The molecule has 1 aromatic heterocycles. The normalized spacial score (nSPS) is 10.6. The zero-order valence-corrected chi connectivity index (χ0v) is 13.9. The monoisotopic (exact) mass is 356 g/mol. The fraction of sp³-hybridized carbons (Fsp3) is 0.158. The second-order valence-electron chi connectivity index (χ2n) is 5.58. The summed E-state index contributed by atoms with van der Waals surface area (Å²) >= 11 is 0. The molecule has 0 aliphatic carbocycles. The summed E-state index contributed by atoms with van der Waals surface area (Å²) in [5.74, 6) is -0.864. The van der Waals surface area contributed by atoms with Gasteiger partial charge in [0.2, 0.25) is 5.95 Å². The lowest BCUT2D eigenvalue weighted by atomic mass is 10.1. The molecule has 0 atom stereocenters. The molecule has 0 amide bonds. The van der Waals surface area contributed by atoms with Crippen LogP contribution in [0.4, 0.5) is 20.5 Å². The second-order valence-corrected chi connectivity index (χ2v) is 5.58. The molecule has 2 aromatic carbocycles. The third kappa shape index (κ3) is 4.52. The lowest BCUT2D eigenvalue weighted by Crippen LogP contribution is -2.11. The Labute approximate surface area is 149 Å². The van der Waals surface area contributed by atoms with Crippen LogP contribution in [-0.4, -0.2) is 28.2 Å². The highest BCUT2D eigenvalue weighted by Gasteiger charge is 2.08. The summed E-state index contributed by atoms with van der Waals surface area (Å²) in [6.07, 6.45) is 0. The number of hydrogen-bond acceptors (Lipinski definition) is 5. The van der Waals surface area contributed by atoms with Crippen LogP contribution >= 0.6 is 0 Å². The van der Waals surface area contributed by atoms with Crippen LogP contribution in [0.5, 0.6) is 0 Å². The van der Waals surface area contributed by atoms with Crippen LogP contribution in [0.25, 0.3) is 11.3 Å². The average molecular weight is 356 g/mol. The summed E-state index contributed by atoms with van der Waals surface area (Å²) < 4.78 is 26.4. The molecule has 3 N–H and O–H groups in total. The number of anilines is 2. The SMILES string of the molecule is OCCNc1nc(NCc2ccc(F)c(F)c2)cc(-c2ccccc2)n1. The molecule has 0 saturated heterocycles. The van der Waals surface area contributed by atoms with Crippen molar-refractivity contribution in [3.8, 4) is 11.3 Å². The minimum Gasteiger partial charge on any atom is -0.395 e. The van der Waals surface area contributed by atoms with Crippen molar-refractivity contribution < 1.29 is 13.9 Å². The van der Waals surface area contributed by atoms with E-state index in [1.54, 1.807) is 6.07 Å². The van der Waals surface area contributed by atoms with Crippen LogP contribution in [0.3, 0.4) is 0 Å². The van der Waals surface area contributed by atoms with Crippen LogP contribution in [0, 0.1) is 11.6 Å². The minimum atomic E-state index is -0.887. The van der Waals surface area contributed by atoms with Crippen molar-refractivity contribution in [1.82, 2.24) is 9.97 Å². The third-order valence-electron chi connectivity index (χ3n) is 3.65. The Morgan fingerprint density at radius 3 is 2.42 bits per heavy atom. The fourth-order valence-electron chi connectivity index (χ4n) is 2.38. The Balaban J connectivity index is 1.83. The standard InChI is InChI=1S/C19H18F2N4O/c20-15-7-6-13(10-16(15)21)12-23-18-11-17(14-4-2-1-3-5-14)24-19(25-18)22-8-9-26/h1-7,10-11,26H,8-9,12H2,(H2,22,23,24,25). The van der Waals surface area contributed by atoms with Gasteiger partial charge in [-0.05, 0) is 17.7 Å². The first-order valence-corrected chi connectivity index (χ1v) is 8.13. The fourth-order valence-corrected chi connectivity index (χ4v) is 2.38. The Bertz CT molecular complexity index is 875. The van der Waals surface area contributed by atoms with E-state index in [4.69, 9.17) is 5.11 Å². The van der Waals surface area contributed by atoms with Gasteiger partial charge >= 0.3 is 0 Å². The highest BCUT2D eigenvalue weighted by Crippen LogP contribution is 2.21. The number of aliphatic hydroxyl groups is 1. The van der Waals surface area contributed by atoms with E-state index in [2.05, 4.69) is 20.6 Å². The minimum absolute atomic E-state index is 0.0451. The molecule has 7 heteroatoms. The molecule has 5 nitrogen and oxygen atoms in total. The van der Waals surface area contributed by atoms with Gasteiger partial charge in [-0.2, -0.15) is 4.98 Å². The van der Waals surface area contributed by atoms with E-state index in [1.165, 1.54) is 6.07 Å². The Morgan fingerprint density at radius 1 is 0.885 bits per heavy atom. The predicted molar refractivity (Wildman–Crippen MR) is 96.7 cm³/mol. The lowest BCUT2D eigenvalue weighted by molar-refractivity contribution is 0.311. The highest BCUT2D eigenvalue weighted by molar-refractivity contribution is 5.64. The molecule has 26 heavy (non-hydrogen) atoms. The van der Waals surface area contributed by atoms with E-state index in [0.29, 0.717) is 29.6 Å². The van der Waals surface area contributed by atoms with Crippen molar-refractivity contribution in [3.63, 3.8) is 0 Å². The number of halogens is 2. The van der Waals surface area contributed by atoms with Crippen LogP contribution in [0.1, 0.15) is 5.56 Å². The Morgan fingerprint density at radius 2 is 1.69 bits per heavy atom. The van der Waals surface area contributed by atoms with Crippen LogP contribution < -0.4 is 10.6 Å². The zero-order valence-electron chi connectivity index (χ0n) is 13.9. The molecule has 0 aliphatic heterocycles. The van der Waals surface area contributed by atoms with Crippen molar-refractivity contribution in [3.05, 3.63) is 71.8 Å². The maximum absolute atomic E-state index is 13.3. The number of aliphatic hydroxyl groups excluding tert-OH is 1. The van der Waals surface area contributed by atoms with Gasteiger partial charge in [-0.3, -0.25) is 0 Å². The van der Waals surface area contributed by atoms with Crippen molar-refractivity contribution in [1.29, 1.82) is 0 Å². The van der Waals surface area contributed by atoms with E-state index in [9.17, 15) is 8.78 Å². The van der Waals surface area contributed by atoms with E-state index in [1.807, 2.05) is 30.3 Å². The van der Waals surface area contributed by atoms with Crippen molar-refractivity contribution in [2.24, 2.45) is 0 Å². The summed E-state index contributed by atoms with van der Waals surface area (Å²) in [5, 5.41) is 15.0. The summed E-state index contributed by atoms with van der Waals surface area (Å²) in [4.78, 5) is 8.78. The first-order valence-electron chi connectivity index (χ1n) is 8.13. The summed E-state index contributed by atoms with van der Waals surface area (Å²) in [7, 11) is 0.